The molecule has 74 valence electrons. The van der Waals surface area contributed by atoms with Gasteiger partial charge in [0.1, 0.15) is 5.82 Å². The van der Waals surface area contributed by atoms with Crippen LogP contribution >= 0.6 is 11.8 Å². The molecule has 1 aromatic heterocycles. The minimum Gasteiger partial charge on any atom is -0.383 e. The highest BCUT2D eigenvalue weighted by Gasteiger charge is 2.17. The van der Waals surface area contributed by atoms with Crippen molar-refractivity contribution in [3.63, 3.8) is 0 Å². The highest BCUT2D eigenvalue weighted by atomic mass is 32.2. The van der Waals surface area contributed by atoms with Gasteiger partial charge in [-0.1, -0.05) is 13.0 Å². The summed E-state index contributed by atoms with van der Waals surface area (Å²) in [4.78, 5) is 14.9. The molecule has 3 N–H and O–H groups in total. The van der Waals surface area contributed by atoms with E-state index in [1.807, 2.05) is 13.0 Å². The Bertz CT molecular complexity index is 451. The smallest absolute Gasteiger partial charge is 0.275 e. The number of thioether (sulfide) groups is 1. The molecular weight excluding hydrogens is 200 g/mol. The van der Waals surface area contributed by atoms with Crippen molar-refractivity contribution in [2.45, 2.75) is 18.5 Å². The molecule has 0 amide bonds. The lowest BCUT2D eigenvalue weighted by atomic mass is 10.5. The van der Waals surface area contributed by atoms with Crippen molar-refractivity contribution in [1.29, 1.82) is 0 Å². The predicted molar refractivity (Wildman–Crippen MR) is 56.5 cm³/mol. The van der Waals surface area contributed by atoms with Gasteiger partial charge in [0.25, 0.3) is 5.56 Å². The molecule has 5 nitrogen and oxygen atoms in total. The third-order valence-electron chi connectivity index (χ3n) is 1.74. The molecule has 2 heterocycles. The fourth-order valence-corrected chi connectivity index (χ4v) is 2.12. The van der Waals surface area contributed by atoms with Crippen molar-refractivity contribution >= 4 is 17.6 Å². The van der Waals surface area contributed by atoms with Gasteiger partial charge < -0.3 is 5.73 Å². The second-order valence-corrected chi connectivity index (χ2v) is 3.84. The van der Waals surface area contributed by atoms with Crippen LogP contribution in [0.5, 0.6) is 0 Å². The second-order valence-electron chi connectivity index (χ2n) is 2.83. The lowest BCUT2D eigenvalue weighted by molar-refractivity contribution is 0.783. The van der Waals surface area contributed by atoms with Gasteiger partial charge in [-0.3, -0.25) is 10.2 Å². The van der Waals surface area contributed by atoms with Crippen LogP contribution in [-0.4, -0.2) is 9.66 Å². The van der Waals surface area contributed by atoms with Gasteiger partial charge >= 0.3 is 0 Å². The molecule has 0 bridgehead atoms. The van der Waals surface area contributed by atoms with Gasteiger partial charge in [-0.2, -0.15) is 4.98 Å². The van der Waals surface area contributed by atoms with Crippen molar-refractivity contribution in [2.24, 2.45) is 0 Å². The molecule has 1 aromatic rings. The van der Waals surface area contributed by atoms with Gasteiger partial charge in [0.2, 0.25) is 0 Å². The molecule has 14 heavy (non-hydrogen) atoms. The van der Waals surface area contributed by atoms with Crippen LogP contribution in [0.25, 0.3) is 0 Å². The molecule has 0 aliphatic carbocycles. The highest BCUT2D eigenvalue weighted by Crippen LogP contribution is 2.30. The number of rotatable bonds is 1. The zero-order chi connectivity index (χ0) is 10.1. The van der Waals surface area contributed by atoms with Crippen molar-refractivity contribution in [3.05, 3.63) is 27.5 Å². The number of fused-ring (bicyclic) bond motifs is 1. The summed E-state index contributed by atoms with van der Waals surface area (Å²) in [5, 5.41) is 1.55. The largest absolute Gasteiger partial charge is 0.383 e. The Balaban J connectivity index is 2.45. The summed E-state index contributed by atoms with van der Waals surface area (Å²) in [5.74, 6) is 0.381. The molecular formula is C8H10N4OS. The van der Waals surface area contributed by atoms with Crippen LogP contribution in [0, 0.1) is 0 Å². The number of nitrogens with two attached hydrogens (primary N) is 1. The number of nitrogens with one attached hydrogen (secondary N) is 1. The van der Waals surface area contributed by atoms with E-state index in [1.54, 1.807) is 4.68 Å². The quantitative estimate of drug-likeness (QED) is 0.668. The maximum absolute atomic E-state index is 11.0. The molecule has 1 aliphatic rings. The van der Waals surface area contributed by atoms with Gasteiger partial charge in [0.15, 0.2) is 5.16 Å². The van der Waals surface area contributed by atoms with Crippen LogP contribution in [0.1, 0.15) is 13.3 Å². The molecule has 1 aliphatic heterocycles. The van der Waals surface area contributed by atoms with Crippen LogP contribution in [-0.2, 0) is 0 Å². The molecule has 0 saturated carbocycles. The van der Waals surface area contributed by atoms with Crippen molar-refractivity contribution < 1.29 is 0 Å². The lowest BCUT2D eigenvalue weighted by Gasteiger charge is -2.04. The number of aromatic nitrogens is 2. The van der Waals surface area contributed by atoms with Crippen LogP contribution in [0.15, 0.2) is 27.1 Å². The van der Waals surface area contributed by atoms with Crippen LogP contribution < -0.4 is 16.7 Å². The number of nitrogens with zero attached hydrogens (tertiary/aromatic N) is 2. The Morgan fingerprint density at radius 2 is 2.57 bits per heavy atom. The first-order chi connectivity index (χ1) is 6.70. The van der Waals surface area contributed by atoms with Gasteiger partial charge in [0, 0.05) is 6.07 Å². The average molecular weight is 210 g/mol. The van der Waals surface area contributed by atoms with E-state index in [1.165, 1.54) is 17.8 Å². The minimum absolute atomic E-state index is 0.305. The first-order valence-corrected chi connectivity index (χ1v) is 5.07. The normalized spacial score (nSPS) is 16.8. The fourth-order valence-electron chi connectivity index (χ4n) is 1.16. The predicted octanol–water partition coefficient (Wildman–Crippen LogP) is 0.726. The number of hydrogen-bond acceptors (Lipinski definition) is 5. The van der Waals surface area contributed by atoms with E-state index in [0.717, 1.165) is 11.4 Å². The Labute approximate surface area is 85.0 Å². The first-order valence-electron chi connectivity index (χ1n) is 4.25. The third-order valence-corrected chi connectivity index (χ3v) is 2.67. The Kier molecular flexibility index (Phi) is 2.20. The standard InChI is InChI=1S/C8H10N4OS/c1-2-3-7-11-12-5(9)4-6(13)10-8(12)14-7/h3-4,11H,2,9H2,1H3/b7-3-. The molecule has 0 atom stereocenters. The Hall–Kier alpha value is -1.43. The van der Waals surface area contributed by atoms with Crippen molar-refractivity contribution in [3.8, 4) is 0 Å². The maximum Gasteiger partial charge on any atom is 0.275 e. The van der Waals surface area contributed by atoms with E-state index in [0.29, 0.717) is 11.0 Å². The van der Waals surface area contributed by atoms with Gasteiger partial charge in [0.05, 0.1) is 5.03 Å². The monoisotopic (exact) mass is 210 g/mol. The SMILES string of the molecule is CC/C=C1/Nn2c(N)cc(=O)nc2S1. The van der Waals surface area contributed by atoms with Crippen molar-refractivity contribution in [1.82, 2.24) is 9.66 Å². The summed E-state index contributed by atoms with van der Waals surface area (Å²) in [7, 11) is 0. The van der Waals surface area contributed by atoms with Gasteiger partial charge in [-0.15, -0.1) is 0 Å². The minimum atomic E-state index is -0.305. The third kappa shape index (κ3) is 1.48. The summed E-state index contributed by atoms with van der Waals surface area (Å²) in [6, 6.07) is 1.30. The zero-order valence-corrected chi connectivity index (χ0v) is 8.47. The molecule has 0 saturated heterocycles. The number of nitrogen functional groups attached to an aromatic ring is 1. The molecule has 0 unspecified atom stereocenters. The first kappa shape index (κ1) is 9.14. The molecule has 0 fully saturated rings. The van der Waals surface area contributed by atoms with Crippen LogP contribution in [0.2, 0.25) is 0 Å². The van der Waals surface area contributed by atoms with Gasteiger partial charge in [-0.25, -0.2) is 4.68 Å². The highest BCUT2D eigenvalue weighted by molar-refractivity contribution is 8.03. The lowest BCUT2D eigenvalue weighted by Crippen LogP contribution is -2.18. The topological polar surface area (TPSA) is 72.9 Å². The number of hydrogen-bond donors (Lipinski definition) is 2. The van der Waals surface area contributed by atoms with E-state index < -0.39 is 0 Å². The summed E-state index contributed by atoms with van der Waals surface area (Å²) in [5.41, 5.74) is 8.39. The summed E-state index contributed by atoms with van der Waals surface area (Å²) >= 11 is 1.41. The summed E-state index contributed by atoms with van der Waals surface area (Å²) in [6.07, 6.45) is 2.94. The maximum atomic E-state index is 11.0. The molecule has 0 radical (unpaired) electrons. The Morgan fingerprint density at radius 1 is 1.79 bits per heavy atom. The van der Waals surface area contributed by atoms with E-state index in [4.69, 9.17) is 5.73 Å². The molecule has 0 aromatic carbocycles. The number of anilines is 1. The van der Waals surface area contributed by atoms with E-state index in [2.05, 4.69) is 10.4 Å². The van der Waals surface area contributed by atoms with Gasteiger partial charge in [-0.05, 0) is 18.2 Å². The van der Waals surface area contributed by atoms with E-state index >= 15 is 0 Å². The zero-order valence-electron chi connectivity index (χ0n) is 7.65. The van der Waals surface area contributed by atoms with Crippen molar-refractivity contribution in [2.75, 3.05) is 11.2 Å². The molecule has 2 rings (SSSR count). The van der Waals surface area contributed by atoms with E-state index in [9.17, 15) is 4.79 Å². The summed E-state index contributed by atoms with van der Waals surface area (Å²) in [6.45, 7) is 2.04. The molecule has 0 spiro atoms. The average Bonchev–Trinajstić information content (AvgIpc) is 2.48. The van der Waals surface area contributed by atoms with Crippen LogP contribution in [0.3, 0.4) is 0 Å². The van der Waals surface area contributed by atoms with Crippen LogP contribution in [0.4, 0.5) is 5.82 Å². The second kappa shape index (κ2) is 3.38. The Morgan fingerprint density at radius 3 is 3.29 bits per heavy atom. The molecule has 6 heteroatoms. The van der Waals surface area contributed by atoms with E-state index in [-0.39, 0.29) is 5.56 Å². The number of allylic oxidation sites excluding steroid dienone is 1. The fraction of sp³-hybridized carbons (Fsp3) is 0.250. The summed E-state index contributed by atoms with van der Waals surface area (Å²) < 4.78 is 1.60.